The lowest BCUT2D eigenvalue weighted by molar-refractivity contribution is -0.139. The Kier molecular flexibility index (Phi) is 9.17. The Labute approximate surface area is 202 Å². The van der Waals surface area contributed by atoms with Gasteiger partial charge in [0.15, 0.2) is 0 Å². The highest BCUT2D eigenvalue weighted by atomic mass is 19.1. The summed E-state index contributed by atoms with van der Waals surface area (Å²) in [6.07, 6.45) is 12.0. The Balaban J connectivity index is 1.73. The molecule has 0 unspecified atom stereocenters. The van der Waals surface area contributed by atoms with Gasteiger partial charge in [-0.3, -0.25) is 0 Å². The topological polar surface area (TPSA) is 46.5 Å². The molecule has 0 amide bonds. The van der Waals surface area contributed by atoms with E-state index in [0.717, 1.165) is 65.5 Å². The number of ether oxygens (including phenoxy) is 1. The van der Waals surface area contributed by atoms with Gasteiger partial charge in [0, 0.05) is 11.1 Å². The molecule has 0 radical (unpaired) electrons. The second-order valence-electron chi connectivity index (χ2n) is 8.60. The van der Waals surface area contributed by atoms with E-state index in [-0.39, 0.29) is 18.4 Å². The molecule has 0 bridgehead atoms. The number of unbranched alkanes of at least 4 members (excludes halogenated alkanes) is 1. The summed E-state index contributed by atoms with van der Waals surface area (Å²) in [5.74, 6) is -0.560. The van der Waals surface area contributed by atoms with Crippen LogP contribution >= 0.6 is 0 Å². The van der Waals surface area contributed by atoms with E-state index in [2.05, 4.69) is 24.8 Å². The van der Waals surface area contributed by atoms with Crippen molar-refractivity contribution in [2.24, 2.45) is 0 Å². The molecule has 1 N–H and O–H groups in total. The summed E-state index contributed by atoms with van der Waals surface area (Å²) in [5, 5.41) is 9.78. The van der Waals surface area contributed by atoms with Crippen molar-refractivity contribution in [3.05, 3.63) is 106 Å². The minimum atomic E-state index is -0.361. The van der Waals surface area contributed by atoms with Gasteiger partial charge in [0.25, 0.3) is 0 Å². The standard InChI is InChI=1S/C30H33FO3/c1-4-22-11-16-28(29(31)18-22)24-10-7-9-23(12-13-24)26-14-15-27(20-32)25(19-26)8-5-6-17-34-30(33)21(2)3/h7,10-16,18-19,32H,2,4-6,8-9,17,20H2,1,3H3. The molecule has 0 aromatic heterocycles. The average Bonchev–Trinajstić information content (AvgIpc) is 3.09. The molecule has 0 spiro atoms. The summed E-state index contributed by atoms with van der Waals surface area (Å²) in [6, 6.07) is 11.6. The summed E-state index contributed by atoms with van der Waals surface area (Å²) in [6.45, 7) is 7.58. The van der Waals surface area contributed by atoms with E-state index in [4.69, 9.17) is 4.74 Å². The molecule has 178 valence electrons. The van der Waals surface area contributed by atoms with Crippen molar-refractivity contribution < 1.29 is 19.0 Å². The second-order valence-corrected chi connectivity index (χ2v) is 8.60. The minimum Gasteiger partial charge on any atom is -0.462 e. The van der Waals surface area contributed by atoms with Gasteiger partial charge in [-0.1, -0.05) is 68.1 Å². The van der Waals surface area contributed by atoms with Crippen LogP contribution in [0.25, 0.3) is 11.1 Å². The lowest BCUT2D eigenvalue weighted by atomic mass is 9.95. The molecule has 1 aliphatic rings. The number of hydrogen-bond donors (Lipinski definition) is 1. The lowest BCUT2D eigenvalue weighted by Crippen LogP contribution is -2.06. The molecule has 1 aliphatic carbocycles. The molecule has 2 aromatic carbocycles. The first kappa shape index (κ1) is 25.4. The van der Waals surface area contributed by atoms with Gasteiger partial charge in [0.05, 0.1) is 13.2 Å². The molecular formula is C30H33FO3. The van der Waals surface area contributed by atoms with Crippen molar-refractivity contribution >= 4 is 17.1 Å². The van der Waals surface area contributed by atoms with E-state index < -0.39 is 0 Å². The second kappa shape index (κ2) is 12.3. The van der Waals surface area contributed by atoms with E-state index >= 15 is 0 Å². The molecule has 0 fully saturated rings. The fourth-order valence-electron chi connectivity index (χ4n) is 3.95. The molecule has 0 atom stereocenters. The first-order chi connectivity index (χ1) is 16.4. The highest BCUT2D eigenvalue weighted by molar-refractivity contribution is 5.86. The number of esters is 1. The first-order valence-electron chi connectivity index (χ1n) is 11.8. The third-order valence-corrected chi connectivity index (χ3v) is 6.02. The van der Waals surface area contributed by atoms with Crippen molar-refractivity contribution in [3.63, 3.8) is 0 Å². The average molecular weight is 461 g/mol. The molecule has 0 heterocycles. The summed E-state index contributed by atoms with van der Waals surface area (Å²) in [4.78, 5) is 11.5. The van der Waals surface area contributed by atoms with Crippen LogP contribution < -0.4 is 0 Å². The minimum absolute atomic E-state index is 0.0176. The van der Waals surface area contributed by atoms with Gasteiger partial charge < -0.3 is 9.84 Å². The molecule has 2 aromatic rings. The third-order valence-electron chi connectivity index (χ3n) is 6.02. The number of benzene rings is 2. The van der Waals surface area contributed by atoms with Crippen LogP contribution in [0.3, 0.4) is 0 Å². The molecule has 3 rings (SSSR count). The third kappa shape index (κ3) is 6.64. The number of aliphatic hydroxyl groups excluding tert-OH is 1. The van der Waals surface area contributed by atoms with Crippen LogP contribution in [0.2, 0.25) is 0 Å². The van der Waals surface area contributed by atoms with E-state index in [1.165, 1.54) is 0 Å². The summed E-state index contributed by atoms with van der Waals surface area (Å²) < 4.78 is 19.8. The predicted octanol–water partition coefficient (Wildman–Crippen LogP) is 6.75. The SMILES string of the molecule is C=C(C)C(=O)OCCCCc1cc(C2=CC=C(c3ccc(CC)cc3F)C=CC2)ccc1CO. The van der Waals surface area contributed by atoms with Gasteiger partial charge in [0.2, 0.25) is 0 Å². The fourth-order valence-corrected chi connectivity index (χ4v) is 3.95. The molecular weight excluding hydrogens is 427 g/mol. The van der Waals surface area contributed by atoms with Crippen molar-refractivity contribution in [1.29, 1.82) is 0 Å². The van der Waals surface area contributed by atoms with Crippen LogP contribution in [0.15, 0.2) is 72.9 Å². The Morgan fingerprint density at radius 2 is 1.94 bits per heavy atom. The Morgan fingerprint density at radius 3 is 2.65 bits per heavy atom. The number of aryl methyl sites for hydroxylation is 2. The van der Waals surface area contributed by atoms with Gasteiger partial charge in [-0.15, -0.1) is 0 Å². The predicted molar refractivity (Wildman–Crippen MR) is 137 cm³/mol. The molecule has 4 heteroatoms. The Hall–Kier alpha value is -3.24. The van der Waals surface area contributed by atoms with E-state index in [1.807, 2.05) is 43.3 Å². The number of allylic oxidation sites excluding steroid dienone is 6. The smallest absolute Gasteiger partial charge is 0.333 e. The highest BCUT2D eigenvalue weighted by Crippen LogP contribution is 2.29. The van der Waals surface area contributed by atoms with Crippen molar-refractivity contribution in [3.8, 4) is 0 Å². The van der Waals surface area contributed by atoms with Crippen molar-refractivity contribution in [2.45, 2.75) is 52.6 Å². The van der Waals surface area contributed by atoms with Gasteiger partial charge >= 0.3 is 5.97 Å². The lowest BCUT2D eigenvalue weighted by Gasteiger charge is -2.12. The van der Waals surface area contributed by atoms with Gasteiger partial charge in [0.1, 0.15) is 5.82 Å². The highest BCUT2D eigenvalue weighted by Gasteiger charge is 2.11. The fraction of sp³-hybridized carbons (Fsp3) is 0.300. The molecule has 0 saturated carbocycles. The maximum absolute atomic E-state index is 14.6. The normalized spacial score (nSPS) is 13.2. The zero-order valence-corrected chi connectivity index (χ0v) is 20.1. The Morgan fingerprint density at radius 1 is 1.12 bits per heavy atom. The number of halogens is 1. The number of carbonyl (C=O) groups is 1. The van der Waals surface area contributed by atoms with Gasteiger partial charge in [-0.2, -0.15) is 0 Å². The molecule has 0 saturated heterocycles. The Bertz CT molecular complexity index is 1140. The van der Waals surface area contributed by atoms with Crippen molar-refractivity contribution in [2.75, 3.05) is 6.61 Å². The van der Waals surface area contributed by atoms with Crippen LogP contribution in [0.5, 0.6) is 0 Å². The summed E-state index contributed by atoms with van der Waals surface area (Å²) >= 11 is 0. The van der Waals surface area contributed by atoms with Crippen LogP contribution in [0.4, 0.5) is 4.39 Å². The van der Waals surface area contributed by atoms with Crippen molar-refractivity contribution in [1.82, 2.24) is 0 Å². The maximum Gasteiger partial charge on any atom is 0.333 e. The van der Waals surface area contributed by atoms with Crippen LogP contribution in [-0.4, -0.2) is 17.7 Å². The quantitative estimate of drug-likeness (QED) is 0.242. The van der Waals surface area contributed by atoms with Crippen LogP contribution in [0.1, 0.15) is 60.9 Å². The number of carbonyl (C=O) groups excluding carboxylic acids is 1. The first-order valence-corrected chi connectivity index (χ1v) is 11.8. The largest absolute Gasteiger partial charge is 0.462 e. The number of hydrogen-bond acceptors (Lipinski definition) is 3. The zero-order valence-electron chi connectivity index (χ0n) is 20.1. The zero-order chi connectivity index (χ0) is 24.5. The van der Waals surface area contributed by atoms with Crippen LogP contribution in [0, 0.1) is 5.82 Å². The van der Waals surface area contributed by atoms with Gasteiger partial charge in [-0.25, -0.2) is 9.18 Å². The summed E-state index contributed by atoms with van der Waals surface area (Å²) in [5.41, 5.74) is 7.07. The monoisotopic (exact) mass is 460 g/mol. The molecule has 34 heavy (non-hydrogen) atoms. The maximum atomic E-state index is 14.6. The van der Waals surface area contributed by atoms with E-state index in [9.17, 15) is 14.3 Å². The number of rotatable bonds is 10. The summed E-state index contributed by atoms with van der Waals surface area (Å²) in [7, 11) is 0. The van der Waals surface area contributed by atoms with Gasteiger partial charge in [-0.05, 0) is 78.5 Å². The van der Waals surface area contributed by atoms with E-state index in [0.29, 0.717) is 17.7 Å². The molecule has 0 aliphatic heterocycles. The molecule has 3 nitrogen and oxygen atoms in total. The number of aliphatic hydroxyl groups is 1. The van der Waals surface area contributed by atoms with Crippen LogP contribution in [-0.2, 0) is 29.0 Å². The van der Waals surface area contributed by atoms with E-state index in [1.54, 1.807) is 13.0 Å².